The van der Waals surface area contributed by atoms with E-state index in [1.807, 2.05) is 27.7 Å². The number of sulfonamides is 1. The normalized spacial score (nSPS) is 14.2. The van der Waals surface area contributed by atoms with Gasteiger partial charge in [-0.2, -0.15) is 0 Å². The Morgan fingerprint density at radius 2 is 1.76 bits per heavy atom. The maximum absolute atomic E-state index is 12.2. The van der Waals surface area contributed by atoms with Crippen molar-refractivity contribution in [2.24, 2.45) is 10.9 Å². The summed E-state index contributed by atoms with van der Waals surface area (Å²) < 4.78 is 31.6. The average molecular weight is 379 g/mol. The molecule has 0 saturated heterocycles. The zero-order chi connectivity index (χ0) is 19.3. The fourth-order valence-corrected chi connectivity index (χ4v) is 3.92. The first-order valence-electron chi connectivity index (χ1n) is 9.43. The monoisotopic (exact) mass is 378 g/mol. The summed E-state index contributed by atoms with van der Waals surface area (Å²) in [6.45, 7) is 15.4. The molecule has 1 atom stereocenters. The Labute approximate surface area is 154 Å². The van der Waals surface area contributed by atoms with Crippen LogP contribution in [0.4, 0.5) is 0 Å². The lowest BCUT2D eigenvalue weighted by Gasteiger charge is -2.20. The number of ether oxygens (including phenoxy) is 1. The molecule has 0 bridgehead atoms. The van der Waals surface area contributed by atoms with Gasteiger partial charge in [-0.1, -0.05) is 27.7 Å². The van der Waals surface area contributed by atoms with Crippen molar-refractivity contribution >= 4 is 16.0 Å². The van der Waals surface area contributed by atoms with Gasteiger partial charge in [-0.05, 0) is 26.2 Å². The highest BCUT2D eigenvalue weighted by molar-refractivity contribution is 7.89. The SMILES string of the molecule is CCNC(=NCCC(OCC)C(C)C)NCCS(=O)(=O)N(CC)CC. The quantitative estimate of drug-likeness (QED) is 0.376. The van der Waals surface area contributed by atoms with Crippen LogP contribution in [0.1, 0.15) is 48.0 Å². The Kier molecular flexibility index (Phi) is 12.9. The van der Waals surface area contributed by atoms with Crippen molar-refractivity contribution in [2.45, 2.75) is 54.1 Å². The summed E-state index contributed by atoms with van der Waals surface area (Å²) in [5.41, 5.74) is 0. The zero-order valence-corrected chi connectivity index (χ0v) is 17.7. The first kappa shape index (κ1) is 24.1. The van der Waals surface area contributed by atoms with Crippen LogP contribution in [0.25, 0.3) is 0 Å². The molecular formula is C17H38N4O3S. The van der Waals surface area contributed by atoms with E-state index in [2.05, 4.69) is 29.5 Å². The van der Waals surface area contributed by atoms with Gasteiger partial charge in [-0.25, -0.2) is 12.7 Å². The van der Waals surface area contributed by atoms with Gasteiger partial charge in [0.15, 0.2) is 5.96 Å². The van der Waals surface area contributed by atoms with E-state index in [-0.39, 0.29) is 11.9 Å². The number of rotatable bonds is 13. The molecule has 0 aliphatic carbocycles. The maximum atomic E-state index is 12.2. The van der Waals surface area contributed by atoms with Crippen molar-refractivity contribution in [3.8, 4) is 0 Å². The Morgan fingerprint density at radius 3 is 2.24 bits per heavy atom. The van der Waals surface area contributed by atoms with E-state index >= 15 is 0 Å². The van der Waals surface area contributed by atoms with Crippen LogP contribution in [-0.2, 0) is 14.8 Å². The minimum absolute atomic E-state index is 0.0622. The van der Waals surface area contributed by atoms with Gasteiger partial charge in [0.05, 0.1) is 11.9 Å². The number of guanidine groups is 1. The van der Waals surface area contributed by atoms with Gasteiger partial charge in [-0.15, -0.1) is 0 Å². The van der Waals surface area contributed by atoms with Gasteiger partial charge in [-0.3, -0.25) is 4.99 Å². The van der Waals surface area contributed by atoms with Crippen molar-refractivity contribution in [3.63, 3.8) is 0 Å². The number of hydrogen-bond acceptors (Lipinski definition) is 4. The smallest absolute Gasteiger partial charge is 0.215 e. The molecule has 0 aromatic rings. The predicted octanol–water partition coefficient (Wildman–Crippen LogP) is 1.66. The zero-order valence-electron chi connectivity index (χ0n) is 16.8. The molecule has 150 valence electrons. The molecule has 2 N–H and O–H groups in total. The van der Waals surface area contributed by atoms with Crippen LogP contribution in [0.15, 0.2) is 4.99 Å². The lowest BCUT2D eigenvalue weighted by atomic mass is 10.0. The molecule has 0 aliphatic heterocycles. The second-order valence-electron chi connectivity index (χ2n) is 6.11. The molecule has 0 aromatic carbocycles. The van der Waals surface area contributed by atoms with E-state index in [0.29, 0.717) is 44.7 Å². The van der Waals surface area contributed by atoms with Gasteiger partial charge >= 0.3 is 0 Å². The Balaban J connectivity index is 4.54. The van der Waals surface area contributed by atoms with Gasteiger partial charge in [0.2, 0.25) is 10.0 Å². The Hall–Kier alpha value is -0.860. The third kappa shape index (κ3) is 10.0. The molecule has 0 aliphatic rings. The van der Waals surface area contributed by atoms with E-state index in [0.717, 1.165) is 13.0 Å². The third-order valence-corrected chi connectivity index (χ3v) is 5.93. The summed E-state index contributed by atoms with van der Waals surface area (Å²) in [6.07, 6.45) is 1.04. The summed E-state index contributed by atoms with van der Waals surface area (Å²) >= 11 is 0. The van der Waals surface area contributed by atoms with Crippen LogP contribution in [0.3, 0.4) is 0 Å². The highest BCUT2D eigenvalue weighted by atomic mass is 32.2. The topological polar surface area (TPSA) is 83.0 Å². The largest absolute Gasteiger partial charge is 0.378 e. The minimum atomic E-state index is -3.22. The van der Waals surface area contributed by atoms with E-state index in [9.17, 15) is 8.42 Å². The van der Waals surface area contributed by atoms with E-state index in [1.54, 1.807) is 0 Å². The van der Waals surface area contributed by atoms with Crippen LogP contribution in [0.2, 0.25) is 0 Å². The van der Waals surface area contributed by atoms with E-state index in [4.69, 9.17) is 4.74 Å². The van der Waals surface area contributed by atoms with Crippen LogP contribution in [0, 0.1) is 5.92 Å². The summed E-state index contributed by atoms with van der Waals surface area (Å²) in [4.78, 5) is 4.53. The molecule has 25 heavy (non-hydrogen) atoms. The summed E-state index contributed by atoms with van der Waals surface area (Å²) in [5.74, 6) is 1.16. The highest BCUT2D eigenvalue weighted by Crippen LogP contribution is 2.10. The molecule has 0 rings (SSSR count). The van der Waals surface area contributed by atoms with E-state index < -0.39 is 10.0 Å². The summed E-state index contributed by atoms with van der Waals surface area (Å²) in [7, 11) is -3.22. The molecule has 1 unspecified atom stereocenters. The lowest BCUT2D eigenvalue weighted by Crippen LogP contribution is -2.42. The molecular weight excluding hydrogens is 340 g/mol. The standard InChI is InChI=1S/C17H38N4O3S/c1-7-18-17(19-12-11-16(15(5)6)24-10-4)20-13-14-25(22,23)21(8-2)9-3/h15-16H,7-14H2,1-6H3,(H2,18,19,20). The first-order valence-corrected chi connectivity index (χ1v) is 11.0. The number of hydrogen-bond donors (Lipinski definition) is 2. The van der Waals surface area contributed by atoms with Gasteiger partial charge in [0.1, 0.15) is 0 Å². The lowest BCUT2D eigenvalue weighted by molar-refractivity contribution is 0.0266. The predicted molar refractivity (Wildman–Crippen MR) is 106 cm³/mol. The minimum Gasteiger partial charge on any atom is -0.378 e. The second kappa shape index (κ2) is 13.4. The summed E-state index contributed by atoms with van der Waals surface area (Å²) in [6, 6.07) is 0. The maximum Gasteiger partial charge on any atom is 0.215 e. The van der Waals surface area contributed by atoms with Crippen molar-refractivity contribution < 1.29 is 13.2 Å². The molecule has 0 aromatic heterocycles. The number of aliphatic imine (C=N–C) groups is 1. The second-order valence-corrected chi connectivity index (χ2v) is 8.20. The van der Waals surface area contributed by atoms with Crippen LogP contribution in [-0.4, -0.2) is 69.9 Å². The molecule has 7 nitrogen and oxygen atoms in total. The Bertz CT molecular complexity index is 463. The molecule has 0 amide bonds. The first-order chi connectivity index (χ1) is 11.8. The molecule has 0 radical (unpaired) electrons. The summed E-state index contributed by atoms with van der Waals surface area (Å²) in [5, 5.41) is 6.26. The van der Waals surface area contributed by atoms with Crippen molar-refractivity contribution in [3.05, 3.63) is 0 Å². The Morgan fingerprint density at radius 1 is 1.12 bits per heavy atom. The van der Waals surface area contributed by atoms with Crippen LogP contribution >= 0.6 is 0 Å². The molecule has 0 fully saturated rings. The van der Waals surface area contributed by atoms with Gasteiger partial charge < -0.3 is 15.4 Å². The third-order valence-electron chi connectivity index (χ3n) is 3.90. The number of nitrogens with zero attached hydrogens (tertiary/aromatic N) is 2. The van der Waals surface area contributed by atoms with Crippen molar-refractivity contribution in [1.82, 2.24) is 14.9 Å². The number of nitrogens with one attached hydrogen (secondary N) is 2. The highest BCUT2D eigenvalue weighted by Gasteiger charge is 2.18. The van der Waals surface area contributed by atoms with Crippen molar-refractivity contribution in [2.75, 3.05) is 45.1 Å². The van der Waals surface area contributed by atoms with Crippen LogP contribution in [0.5, 0.6) is 0 Å². The average Bonchev–Trinajstić information content (AvgIpc) is 2.54. The molecule has 0 spiro atoms. The molecule has 0 saturated carbocycles. The fourth-order valence-electron chi connectivity index (χ4n) is 2.51. The van der Waals surface area contributed by atoms with Crippen molar-refractivity contribution in [1.29, 1.82) is 0 Å². The van der Waals surface area contributed by atoms with Gasteiger partial charge in [0, 0.05) is 39.3 Å². The molecule has 8 heteroatoms. The fraction of sp³-hybridized carbons (Fsp3) is 0.941. The van der Waals surface area contributed by atoms with Crippen LogP contribution < -0.4 is 10.6 Å². The van der Waals surface area contributed by atoms with Gasteiger partial charge in [0.25, 0.3) is 0 Å². The van der Waals surface area contributed by atoms with E-state index in [1.165, 1.54) is 4.31 Å². The molecule has 0 heterocycles.